The maximum Gasteiger partial charge on any atom is 0.226 e. The molecule has 120 valence electrons. The van der Waals surface area contributed by atoms with Crippen LogP contribution in [0.1, 0.15) is 59.3 Å². The Bertz CT molecular complexity index is 417. The van der Waals surface area contributed by atoms with Gasteiger partial charge in [-0.05, 0) is 77.0 Å². The van der Waals surface area contributed by atoms with Gasteiger partial charge in [0.05, 0.1) is 0 Å². The van der Waals surface area contributed by atoms with Gasteiger partial charge in [-0.3, -0.25) is 9.00 Å². The molecule has 21 heavy (non-hydrogen) atoms. The topological polar surface area (TPSA) is 46.2 Å². The summed E-state index contributed by atoms with van der Waals surface area (Å²) in [7, 11) is -0.880. The van der Waals surface area contributed by atoms with E-state index in [-0.39, 0.29) is 16.1 Å². The minimum atomic E-state index is -0.880. The van der Waals surface area contributed by atoms with Crippen LogP contribution in [0.4, 0.5) is 0 Å². The largest absolute Gasteiger partial charge is 0.355 e. The van der Waals surface area contributed by atoms with Crippen molar-refractivity contribution in [2.75, 3.05) is 12.3 Å². The zero-order valence-corrected chi connectivity index (χ0v) is 14.4. The van der Waals surface area contributed by atoms with E-state index in [1.54, 1.807) is 0 Å². The van der Waals surface area contributed by atoms with Crippen LogP contribution in [0, 0.1) is 23.2 Å². The van der Waals surface area contributed by atoms with Crippen LogP contribution in [0.25, 0.3) is 0 Å². The molecular formula is C17H29NO2S. The van der Waals surface area contributed by atoms with Gasteiger partial charge in [-0.2, -0.15) is 0 Å². The molecule has 4 rings (SSSR count). The predicted octanol–water partition coefficient (Wildman–Crippen LogP) is 2.87. The van der Waals surface area contributed by atoms with Gasteiger partial charge in [0.2, 0.25) is 5.91 Å². The summed E-state index contributed by atoms with van der Waals surface area (Å²) in [6, 6.07) is 0. The lowest BCUT2D eigenvalue weighted by molar-refractivity contribution is -0.146. The van der Waals surface area contributed by atoms with Gasteiger partial charge in [-0.25, -0.2) is 0 Å². The summed E-state index contributed by atoms with van der Waals surface area (Å²) in [4.78, 5) is 12.7. The van der Waals surface area contributed by atoms with Crippen molar-refractivity contribution >= 4 is 16.7 Å². The molecule has 1 amide bonds. The van der Waals surface area contributed by atoms with Crippen molar-refractivity contribution in [2.45, 2.75) is 64.0 Å². The average Bonchev–Trinajstić information content (AvgIpc) is 2.35. The third-order valence-corrected chi connectivity index (χ3v) is 7.72. The van der Waals surface area contributed by atoms with Gasteiger partial charge in [0.15, 0.2) is 0 Å². The van der Waals surface area contributed by atoms with E-state index in [4.69, 9.17) is 0 Å². The van der Waals surface area contributed by atoms with E-state index >= 15 is 0 Å². The second-order valence-corrected chi connectivity index (χ2v) is 10.9. The lowest BCUT2D eigenvalue weighted by Gasteiger charge is -2.55. The van der Waals surface area contributed by atoms with Crippen LogP contribution >= 0.6 is 0 Å². The molecule has 0 aromatic heterocycles. The summed E-state index contributed by atoms with van der Waals surface area (Å²) >= 11 is 0. The third-order valence-electron chi connectivity index (χ3n) is 5.78. The first-order valence-electron chi connectivity index (χ1n) is 8.45. The highest BCUT2D eigenvalue weighted by molar-refractivity contribution is 7.86. The van der Waals surface area contributed by atoms with Crippen molar-refractivity contribution in [3.8, 4) is 0 Å². The average molecular weight is 311 g/mol. The molecule has 4 aliphatic carbocycles. The maximum atomic E-state index is 12.7. The van der Waals surface area contributed by atoms with Crippen molar-refractivity contribution in [3.63, 3.8) is 0 Å². The van der Waals surface area contributed by atoms with E-state index in [2.05, 4.69) is 5.32 Å². The molecule has 0 heterocycles. The standard InChI is InChI=1S/C17H29NO2S/c1-16(2,3)21(20)5-4-18-15(19)17-9-12-6-13(10-17)8-14(7-12)11-17/h12-14H,4-11H2,1-3H3,(H,18,19). The van der Waals surface area contributed by atoms with Crippen molar-refractivity contribution in [3.05, 3.63) is 0 Å². The van der Waals surface area contributed by atoms with E-state index in [9.17, 15) is 9.00 Å². The van der Waals surface area contributed by atoms with Crippen molar-refractivity contribution in [2.24, 2.45) is 23.2 Å². The minimum Gasteiger partial charge on any atom is -0.355 e. The number of carbonyl (C=O) groups excluding carboxylic acids is 1. The third kappa shape index (κ3) is 3.06. The maximum absolute atomic E-state index is 12.7. The van der Waals surface area contributed by atoms with Crippen LogP contribution in [-0.4, -0.2) is 27.2 Å². The highest BCUT2D eigenvalue weighted by Gasteiger charge is 2.54. The summed E-state index contributed by atoms with van der Waals surface area (Å²) in [5.41, 5.74) is -0.0715. The van der Waals surface area contributed by atoms with Gasteiger partial charge in [-0.1, -0.05) is 0 Å². The van der Waals surface area contributed by atoms with Gasteiger partial charge >= 0.3 is 0 Å². The summed E-state index contributed by atoms with van der Waals surface area (Å²) < 4.78 is 11.9. The van der Waals surface area contributed by atoms with Crippen molar-refractivity contribution < 1.29 is 9.00 Å². The molecule has 0 aromatic rings. The molecule has 1 atom stereocenters. The SMILES string of the molecule is CC(C)(C)S(=O)CCNC(=O)C12CC3CC(CC(C3)C1)C2. The Hall–Kier alpha value is -0.380. The fourth-order valence-electron chi connectivity index (χ4n) is 5.14. The second kappa shape index (κ2) is 5.36. The predicted molar refractivity (Wildman–Crippen MR) is 86.4 cm³/mol. The quantitative estimate of drug-likeness (QED) is 0.868. The molecule has 4 aliphatic rings. The van der Waals surface area contributed by atoms with Crippen molar-refractivity contribution in [1.82, 2.24) is 5.32 Å². The highest BCUT2D eigenvalue weighted by Crippen LogP contribution is 2.60. The number of hydrogen-bond acceptors (Lipinski definition) is 2. The molecule has 1 N–H and O–H groups in total. The Morgan fingerprint density at radius 2 is 1.57 bits per heavy atom. The molecule has 0 saturated heterocycles. The number of rotatable bonds is 4. The van der Waals surface area contributed by atoms with Crippen LogP contribution in [0.15, 0.2) is 0 Å². The summed E-state index contributed by atoms with van der Waals surface area (Å²) in [6.45, 7) is 6.53. The summed E-state index contributed by atoms with van der Waals surface area (Å²) in [6.07, 6.45) is 7.40. The minimum absolute atomic E-state index is 0.0715. The fraction of sp³-hybridized carbons (Fsp3) is 0.941. The normalized spacial score (nSPS) is 39.3. The lowest BCUT2D eigenvalue weighted by Crippen LogP contribution is -2.54. The van der Waals surface area contributed by atoms with Gasteiger partial charge in [-0.15, -0.1) is 0 Å². The Labute approximate surface area is 131 Å². The molecule has 3 nitrogen and oxygen atoms in total. The van der Waals surface area contributed by atoms with Crippen molar-refractivity contribution in [1.29, 1.82) is 0 Å². The van der Waals surface area contributed by atoms with Gasteiger partial charge in [0.25, 0.3) is 0 Å². The first-order chi connectivity index (χ1) is 9.78. The lowest BCUT2D eigenvalue weighted by atomic mass is 9.49. The van der Waals surface area contributed by atoms with Gasteiger partial charge in [0, 0.05) is 33.3 Å². The molecule has 4 bridgehead atoms. The van der Waals surface area contributed by atoms with Crippen LogP contribution in [0.5, 0.6) is 0 Å². The molecule has 4 saturated carbocycles. The summed E-state index contributed by atoms with van der Waals surface area (Å²) in [5.74, 6) is 3.22. The number of amides is 1. The van der Waals surface area contributed by atoms with E-state index < -0.39 is 10.8 Å². The number of hydrogen-bond donors (Lipinski definition) is 1. The van der Waals surface area contributed by atoms with Crippen LogP contribution in [0.3, 0.4) is 0 Å². The molecule has 1 unspecified atom stereocenters. The fourth-order valence-corrected chi connectivity index (χ4v) is 6.04. The molecule has 0 spiro atoms. The van der Waals surface area contributed by atoms with Crippen LogP contribution < -0.4 is 5.32 Å². The Morgan fingerprint density at radius 1 is 1.10 bits per heavy atom. The van der Waals surface area contributed by atoms with E-state index in [0.717, 1.165) is 37.0 Å². The Morgan fingerprint density at radius 3 is 2.00 bits per heavy atom. The zero-order chi connectivity index (χ0) is 15.3. The van der Waals surface area contributed by atoms with Gasteiger partial charge < -0.3 is 5.32 Å². The highest BCUT2D eigenvalue weighted by atomic mass is 32.2. The van der Waals surface area contributed by atoms with E-state index in [1.807, 2.05) is 20.8 Å². The number of carbonyl (C=O) groups is 1. The molecular weight excluding hydrogens is 282 g/mol. The molecule has 0 aromatic carbocycles. The second-order valence-electron chi connectivity index (χ2n) is 8.62. The summed E-state index contributed by atoms with van der Waals surface area (Å²) in [5, 5.41) is 3.11. The Kier molecular flexibility index (Phi) is 3.96. The Balaban J connectivity index is 1.55. The molecule has 4 fully saturated rings. The molecule has 4 heteroatoms. The zero-order valence-electron chi connectivity index (χ0n) is 13.6. The molecule has 0 aliphatic heterocycles. The first kappa shape index (κ1) is 15.5. The van der Waals surface area contributed by atoms with Crippen LogP contribution in [0.2, 0.25) is 0 Å². The van der Waals surface area contributed by atoms with Crippen LogP contribution in [-0.2, 0) is 15.6 Å². The van der Waals surface area contributed by atoms with E-state index in [1.165, 1.54) is 19.3 Å². The smallest absolute Gasteiger partial charge is 0.226 e. The monoisotopic (exact) mass is 311 g/mol. The first-order valence-corrected chi connectivity index (χ1v) is 9.77. The van der Waals surface area contributed by atoms with Gasteiger partial charge in [0.1, 0.15) is 0 Å². The van der Waals surface area contributed by atoms with E-state index in [0.29, 0.717) is 12.3 Å². The number of nitrogens with one attached hydrogen (secondary N) is 1. The molecule has 0 radical (unpaired) electrons.